The number of rotatable bonds is 10. The summed E-state index contributed by atoms with van der Waals surface area (Å²) in [4.78, 5) is 83.2. The maximum atomic E-state index is 15.2. The average molecular weight is 807 g/mol. The van der Waals surface area contributed by atoms with E-state index in [4.69, 9.17) is 23.7 Å². The molecule has 318 valence electrons. The van der Waals surface area contributed by atoms with Crippen molar-refractivity contribution in [3.05, 3.63) is 0 Å². The van der Waals surface area contributed by atoms with E-state index < -0.39 is 75.4 Å². The second-order valence-electron chi connectivity index (χ2n) is 22.9. The van der Waals surface area contributed by atoms with Gasteiger partial charge in [-0.25, -0.2) is 0 Å². The van der Waals surface area contributed by atoms with E-state index in [-0.39, 0.29) is 77.5 Å². The van der Waals surface area contributed by atoms with Crippen LogP contribution in [0.15, 0.2) is 0 Å². The largest absolute Gasteiger partial charge is 0.465 e. The fourth-order valence-electron chi connectivity index (χ4n) is 16.4. The molecule has 10 saturated carbocycles. The number of esters is 6. The van der Waals surface area contributed by atoms with Crippen molar-refractivity contribution in [2.24, 2.45) is 88.3 Å². The lowest BCUT2D eigenvalue weighted by Gasteiger charge is -2.60. The standard InChI is InChI=1S/C46H62O12/c1-22-29(31-10-30(22)35-33(31)19-54-39(35)50)8-28(37(48)56-45-15-24-6-25(16-45)12-43(11-24,20-45)41(52)58-42(3,4)5)9-32(34-23(2)36(47)55-40(34)51)38(49)57-46-17-26-7-27(18-46)14-44(53,13-26)21-46/h22-35,53H,6-21H2,1-5H3. The monoisotopic (exact) mass is 806 g/mol. The van der Waals surface area contributed by atoms with Gasteiger partial charge in [0.05, 0.1) is 47.2 Å². The molecule has 12 rings (SSSR count). The smallest absolute Gasteiger partial charge is 0.318 e. The summed E-state index contributed by atoms with van der Waals surface area (Å²) in [6.45, 7) is 9.75. The predicted molar refractivity (Wildman–Crippen MR) is 202 cm³/mol. The van der Waals surface area contributed by atoms with Gasteiger partial charge < -0.3 is 28.8 Å². The summed E-state index contributed by atoms with van der Waals surface area (Å²) in [5.74, 6) is -5.57. The van der Waals surface area contributed by atoms with Gasteiger partial charge in [-0.05, 0) is 152 Å². The van der Waals surface area contributed by atoms with Crippen molar-refractivity contribution in [2.45, 2.75) is 153 Å². The number of hydrogen-bond acceptors (Lipinski definition) is 12. The maximum Gasteiger partial charge on any atom is 0.318 e. The molecule has 0 spiro atoms. The quantitative estimate of drug-likeness (QED) is 0.159. The van der Waals surface area contributed by atoms with Crippen molar-refractivity contribution in [2.75, 3.05) is 6.61 Å². The molecule has 12 fully saturated rings. The summed E-state index contributed by atoms with van der Waals surface area (Å²) in [5, 5.41) is 11.5. The van der Waals surface area contributed by atoms with Crippen LogP contribution in [0.5, 0.6) is 0 Å². The summed E-state index contributed by atoms with van der Waals surface area (Å²) in [6, 6.07) is 0. The van der Waals surface area contributed by atoms with E-state index in [0.29, 0.717) is 64.4 Å². The lowest BCUT2D eigenvalue weighted by Crippen LogP contribution is -2.61. The van der Waals surface area contributed by atoms with Gasteiger partial charge in [0.1, 0.15) is 16.8 Å². The van der Waals surface area contributed by atoms with E-state index in [0.717, 1.165) is 32.1 Å². The van der Waals surface area contributed by atoms with E-state index in [9.17, 15) is 29.1 Å². The Hall–Kier alpha value is -3.02. The highest BCUT2D eigenvalue weighted by Gasteiger charge is 2.66. The van der Waals surface area contributed by atoms with Crippen molar-refractivity contribution in [3.63, 3.8) is 0 Å². The third-order valence-corrected chi connectivity index (χ3v) is 17.6. The average Bonchev–Trinajstić information content (AvgIpc) is 3.81. The number of aliphatic hydroxyl groups is 1. The number of carbonyl (C=O) groups excluding carboxylic acids is 6. The molecule has 12 aliphatic rings. The van der Waals surface area contributed by atoms with Crippen molar-refractivity contribution in [1.82, 2.24) is 0 Å². The molecule has 0 aromatic rings. The van der Waals surface area contributed by atoms with Crippen LogP contribution >= 0.6 is 0 Å². The topological polar surface area (TPSA) is 169 Å². The van der Waals surface area contributed by atoms with Crippen LogP contribution < -0.4 is 0 Å². The van der Waals surface area contributed by atoms with Crippen LogP contribution in [0.25, 0.3) is 0 Å². The Balaban J connectivity index is 0.970. The summed E-state index contributed by atoms with van der Waals surface area (Å²) < 4.78 is 30.1. The molecule has 10 aliphatic carbocycles. The molecule has 0 aromatic carbocycles. The van der Waals surface area contributed by atoms with E-state index >= 15 is 4.79 Å². The van der Waals surface area contributed by atoms with Gasteiger partial charge in [-0.15, -0.1) is 0 Å². The zero-order valence-corrected chi connectivity index (χ0v) is 34.8. The van der Waals surface area contributed by atoms with Crippen LogP contribution in [0.4, 0.5) is 0 Å². The molecular weight excluding hydrogens is 744 g/mol. The highest BCUT2D eigenvalue weighted by molar-refractivity contribution is 5.98. The molecule has 12 heteroatoms. The molecule has 2 heterocycles. The molecule has 0 amide bonds. The third kappa shape index (κ3) is 6.28. The maximum absolute atomic E-state index is 15.2. The Kier molecular flexibility index (Phi) is 8.77. The molecule has 2 saturated heterocycles. The van der Waals surface area contributed by atoms with E-state index in [2.05, 4.69) is 6.92 Å². The Bertz CT molecular complexity index is 1780. The predicted octanol–water partition coefficient (Wildman–Crippen LogP) is 5.88. The molecule has 12 nitrogen and oxygen atoms in total. The summed E-state index contributed by atoms with van der Waals surface area (Å²) in [6.07, 6.45) is 9.39. The fraction of sp³-hybridized carbons (Fsp3) is 0.870. The van der Waals surface area contributed by atoms with Gasteiger partial charge in [0.15, 0.2) is 0 Å². The molecule has 2 aliphatic heterocycles. The lowest BCUT2D eigenvalue weighted by molar-refractivity contribution is -0.225. The first-order valence-corrected chi connectivity index (χ1v) is 22.6. The van der Waals surface area contributed by atoms with Gasteiger partial charge >= 0.3 is 35.8 Å². The SMILES string of the molecule is CC1C(=O)OC(=O)C1C(CC(CC1C(C)C2CC1C1COC(=O)C21)C(=O)OC12CC3CC(C1)CC(C(=O)OC(C)(C)C)(C3)C2)C(=O)OC12CC3CC(CC(O)(C3)C1)C2. The fourth-order valence-corrected chi connectivity index (χ4v) is 16.4. The highest BCUT2D eigenvalue weighted by atomic mass is 16.6. The number of fused-ring (bicyclic) bond motifs is 5. The highest BCUT2D eigenvalue weighted by Crippen LogP contribution is 2.65. The molecule has 14 unspecified atom stereocenters. The minimum Gasteiger partial charge on any atom is -0.465 e. The number of cyclic esters (lactones) is 3. The second kappa shape index (κ2) is 13.0. The van der Waals surface area contributed by atoms with Gasteiger partial charge in [-0.2, -0.15) is 0 Å². The summed E-state index contributed by atoms with van der Waals surface area (Å²) in [5.41, 5.74) is -3.99. The van der Waals surface area contributed by atoms with E-state index in [1.807, 2.05) is 20.8 Å². The van der Waals surface area contributed by atoms with Gasteiger partial charge in [0.2, 0.25) is 0 Å². The Morgan fingerprint density at radius 2 is 1.36 bits per heavy atom. The van der Waals surface area contributed by atoms with Crippen molar-refractivity contribution >= 4 is 35.8 Å². The molecule has 1 N–H and O–H groups in total. The molecule has 0 aromatic heterocycles. The molecular formula is C46H62O12. The molecule has 0 radical (unpaired) electrons. The van der Waals surface area contributed by atoms with Gasteiger partial charge in [0.25, 0.3) is 0 Å². The lowest BCUT2D eigenvalue weighted by atomic mass is 9.48. The van der Waals surface area contributed by atoms with Crippen LogP contribution in [-0.4, -0.2) is 69.9 Å². The number of carbonyl (C=O) groups is 6. The van der Waals surface area contributed by atoms with Crippen molar-refractivity contribution in [1.29, 1.82) is 0 Å². The number of hydrogen-bond donors (Lipinski definition) is 1. The zero-order chi connectivity index (χ0) is 40.9. The van der Waals surface area contributed by atoms with Gasteiger partial charge in [-0.1, -0.05) is 13.8 Å². The minimum atomic E-state index is -1.16. The summed E-state index contributed by atoms with van der Waals surface area (Å²) in [7, 11) is 0. The van der Waals surface area contributed by atoms with Crippen LogP contribution in [0, 0.1) is 88.3 Å². The molecule has 10 bridgehead atoms. The van der Waals surface area contributed by atoms with Gasteiger partial charge in [-0.3, -0.25) is 28.8 Å². The van der Waals surface area contributed by atoms with Crippen molar-refractivity contribution < 1.29 is 57.6 Å². The van der Waals surface area contributed by atoms with Crippen LogP contribution in [-0.2, 0) is 52.5 Å². The third-order valence-electron chi connectivity index (χ3n) is 17.6. The Morgan fingerprint density at radius 3 is 1.95 bits per heavy atom. The zero-order valence-electron chi connectivity index (χ0n) is 34.8. The van der Waals surface area contributed by atoms with E-state index in [1.165, 1.54) is 0 Å². The minimum absolute atomic E-state index is 0.0476. The first kappa shape index (κ1) is 39.1. The Labute approximate surface area is 340 Å². The van der Waals surface area contributed by atoms with Crippen molar-refractivity contribution in [3.8, 4) is 0 Å². The summed E-state index contributed by atoms with van der Waals surface area (Å²) >= 11 is 0. The normalized spacial score (nSPS) is 48.8. The molecule has 14 atom stereocenters. The second-order valence-corrected chi connectivity index (χ2v) is 22.9. The Morgan fingerprint density at radius 1 is 0.759 bits per heavy atom. The van der Waals surface area contributed by atoms with E-state index in [1.54, 1.807) is 6.92 Å². The van der Waals surface area contributed by atoms with Crippen LogP contribution in [0.2, 0.25) is 0 Å². The number of ether oxygens (including phenoxy) is 5. The van der Waals surface area contributed by atoms with Gasteiger partial charge in [0, 0.05) is 18.8 Å². The van der Waals surface area contributed by atoms with Crippen LogP contribution in [0.1, 0.15) is 131 Å². The van der Waals surface area contributed by atoms with Crippen LogP contribution in [0.3, 0.4) is 0 Å². The first-order valence-electron chi connectivity index (χ1n) is 22.6. The molecule has 58 heavy (non-hydrogen) atoms. The first-order chi connectivity index (χ1) is 27.3.